The van der Waals surface area contributed by atoms with Crippen LogP contribution in [-0.2, 0) is 11.2 Å². The van der Waals surface area contributed by atoms with Gasteiger partial charge in [-0.15, -0.1) is 24.8 Å². The molecule has 0 saturated carbocycles. The van der Waals surface area contributed by atoms with Gasteiger partial charge >= 0.3 is 5.97 Å². The monoisotopic (exact) mass is 419 g/mol. The molecule has 0 bridgehead atoms. The number of carboxylic acids is 1. The number of benzene rings is 1. The maximum atomic E-state index is 14.2. The van der Waals surface area contributed by atoms with Crippen LogP contribution in [0.4, 0.5) is 4.39 Å². The largest absolute Gasteiger partial charge is 0.481 e. The Balaban J connectivity index is 0.00000140. The van der Waals surface area contributed by atoms with Crippen molar-refractivity contribution in [3.63, 3.8) is 0 Å². The van der Waals surface area contributed by atoms with Crippen LogP contribution in [-0.4, -0.2) is 25.4 Å². The number of carbonyl (C=O) groups is 1. The lowest BCUT2D eigenvalue weighted by molar-refractivity contribution is -0.136. The lowest BCUT2D eigenvalue weighted by atomic mass is 10.1. The van der Waals surface area contributed by atoms with E-state index >= 15 is 0 Å². The van der Waals surface area contributed by atoms with Gasteiger partial charge in [0.15, 0.2) is 0 Å². The average molecular weight is 420 g/mol. The van der Waals surface area contributed by atoms with Crippen molar-refractivity contribution in [1.29, 1.82) is 0 Å². The second kappa shape index (κ2) is 8.82. The van der Waals surface area contributed by atoms with E-state index in [1.54, 1.807) is 18.5 Å². The number of fused-ring (bicyclic) bond motifs is 1. The summed E-state index contributed by atoms with van der Waals surface area (Å²) < 4.78 is 16.0. The van der Waals surface area contributed by atoms with Crippen molar-refractivity contribution in [1.82, 2.24) is 14.4 Å². The van der Waals surface area contributed by atoms with Crippen molar-refractivity contribution in [2.45, 2.75) is 6.42 Å². The molecule has 1 aromatic carbocycles. The Hall–Kier alpha value is -2.96. The first-order chi connectivity index (χ1) is 12.6. The summed E-state index contributed by atoms with van der Waals surface area (Å²) in [6.45, 7) is 0. The highest BCUT2D eigenvalue weighted by Crippen LogP contribution is 2.25. The number of halogens is 3. The second-order valence-electron chi connectivity index (χ2n) is 5.88. The molecule has 0 fully saturated rings. The molecule has 0 saturated heterocycles. The van der Waals surface area contributed by atoms with E-state index in [2.05, 4.69) is 9.97 Å². The zero-order valence-corrected chi connectivity index (χ0v) is 16.1. The smallest absolute Gasteiger partial charge is 0.307 e. The predicted molar refractivity (Wildman–Crippen MR) is 110 cm³/mol. The van der Waals surface area contributed by atoms with E-state index in [1.807, 2.05) is 40.9 Å². The molecule has 3 aromatic heterocycles. The quantitative estimate of drug-likeness (QED) is 0.521. The summed E-state index contributed by atoms with van der Waals surface area (Å²) in [7, 11) is 0. The van der Waals surface area contributed by atoms with Crippen LogP contribution < -0.4 is 0 Å². The summed E-state index contributed by atoms with van der Waals surface area (Å²) >= 11 is 0. The molecular weight excluding hydrogens is 404 g/mol. The highest BCUT2D eigenvalue weighted by atomic mass is 35.5. The van der Waals surface area contributed by atoms with Gasteiger partial charge in [-0.05, 0) is 35.9 Å². The maximum Gasteiger partial charge on any atom is 0.307 e. The molecule has 5 nitrogen and oxygen atoms in total. The van der Waals surface area contributed by atoms with E-state index in [0.717, 1.165) is 22.6 Å². The Labute approximate surface area is 172 Å². The highest BCUT2D eigenvalue weighted by molar-refractivity contribution is 5.85. The molecule has 8 heteroatoms. The molecule has 1 N–H and O–H groups in total. The third-order valence-corrected chi connectivity index (χ3v) is 4.16. The summed E-state index contributed by atoms with van der Waals surface area (Å²) in [5.41, 5.74) is 4.04. The van der Waals surface area contributed by atoms with Crippen LogP contribution in [0.25, 0.3) is 28.2 Å². The molecule has 4 aromatic rings. The lowest BCUT2D eigenvalue weighted by Gasteiger charge is -2.06. The first kappa shape index (κ1) is 21.3. The Bertz CT molecular complexity index is 1120. The second-order valence-corrected chi connectivity index (χ2v) is 5.88. The molecule has 0 aliphatic carbocycles. The van der Waals surface area contributed by atoms with Crippen LogP contribution in [0.3, 0.4) is 0 Å². The number of rotatable bonds is 4. The molecule has 0 atom stereocenters. The van der Waals surface area contributed by atoms with Crippen molar-refractivity contribution < 1.29 is 14.3 Å². The highest BCUT2D eigenvalue weighted by Gasteiger charge is 2.12. The molecule has 4 rings (SSSR count). The van der Waals surface area contributed by atoms with E-state index < -0.39 is 11.8 Å². The van der Waals surface area contributed by atoms with Crippen LogP contribution in [0.2, 0.25) is 0 Å². The third-order valence-electron chi connectivity index (χ3n) is 4.16. The van der Waals surface area contributed by atoms with E-state index in [9.17, 15) is 9.18 Å². The van der Waals surface area contributed by atoms with E-state index in [4.69, 9.17) is 5.11 Å². The van der Waals surface area contributed by atoms with Gasteiger partial charge in [0, 0.05) is 23.5 Å². The fraction of sp³-hybridized carbons (Fsp3) is 0.0500. The lowest BCUT2D eigenvalue weighted by Crippen LogP contribution is -2.02. The predicted octanol–water partition coefficient (Wildman–Crippen LogP) is 4.67. The van der Waals surface area contributed by atoms with Gasteiger partial charge in [-0.2, -0.15) is 0 Å². The van der Waals surface area contributed by atoms with Gasteiger partial charge in [0.25, 0.3) is 0 Å². The summed E-state index contributed by atoms with van der Waals surface area (Å²) in [4.78, 5) is 19.5. The van der Waals surface area contributed by atoms with Crippen molar-refractivity contribution in [3.8, 4) is 22.5 Å². The molecule has 0 radical (unpaired) electrons. The minimum absolute atomic E-state index is 0. The van der Waals surface area contributed by atoms with Crippen molar-refractivity contribution in [2.75, 3.05) is 0 Å². The van der Waals surface area contributed by atoms with Crippen LogP contribution in [0, 0.1) is 5.82 Å². The van der Waals surface area contributed by atoms with E-state index in [1.165, 1.54) is 12.1 Å². The minimum Gasteiger partial charge on any atom is -0.481 e. The SMILES string of the molecule is Cl.Cl.O=C(O)Cc1ccc(-c2cnc3cc(-c4ccccn4)ccn23)cc1F. The summed E-state index contributed by atoms with van der Waals surface area (Å²) in [5, 5.41) is 8.82. The van der Waals surface area contributed by atoms with Crippen molar-refractivity contribution >= 4 is 36.4 Å². The Morgan fingerprint density at radius 1 is 1.04 bits per heavy atom. The molecule has 0 amide bonds. The number of aromatic nitrogens is 3. The van der Waals surface area contributed by atoms with E-state index in [-0.39, 0.29) is 36.8 Å². The number of imidazole rings is 1. The topological polar surface area (TPSA) is 67.5 Å². The fourth-order valence-corrected chi connectivity index (χ4v) is 2.90. The molecule has 28 heavy (non-hydrogen) atoms. The molecule has 0 aliphatic heterocycles. The van der Waals surface area contributed by atoms with E-state index in [0.29, 0.717) is 5.56 Å². The van der Waals surface area contributed by atoms with Crippen LogP contribution in [0.5, 0.6) is 0 Å². The van der Waals surface area contributed by atoms with Gasteiger partial charge in [-0.25, -0.2) is 9.37 Å². The number of aliphatic carboxylic acids is 1. The molecule has 0 spiro atoms. The maximum absolute atomic E-state index is 14.2. The van der Waals surface area contributed by atoms with Gasteiger partial charge in [0.2, 0.25) is 0 Å². The van der Waals surface area contributed by atoms with Gasteiger partial charge in [-0.1, -0.05) is 18.2 Å². The Kier molecular flexibility index (Phi) is 6.72. The summed E-state index contributed by atoms with van der Waals surface area (Å²) in [5.74, 6) is -1.60. The van der Waals surface area contributed by atoms with Gasteiger partial charge in [0.05, 0.1) is 24.0 Å². The Morgan fingerprint density at radius 2 is 1.86 bits per heavy atom. The van der Waals surface area contributed by atoms with Crippen LogP contribution >= 0.6 is 24.8 Å². The summed E-state index contributed by atoms with van der Waals surface area (Å²) in [6, 6.07) is 14.1. The number of nitrogens with zero attached hydrogens (tertiary/aromatic N) is 3. The van der Waals surface area contributed by atoms with Crippen molar-refractivity contribution in [2.24, 2.45) is 0 Å². The number of pyridine rings is 2. The first-order valence-electron chi connectivity index (χ1n) is 8.01. The molecule has 0 unspecified atom stereocenters. The van der Waals surface area contributed by atoms with Crippen LogP contribution in [0.1, 0.15) is 5.56 Å². The number of carboxylic acid groups (broad SMARTS) is 1. The van der Waals surface area contributed by atoms with Gasteiger partial charge < -0.3 is 5.11 Å². The first-order valence-corrected chi connectivity index (χ1v) is 8.01. The Morgan fingerprint density at radius 3 is 2.54 bits per heavy atom. The zero-order valence-electron chi connectivity index (χ0n) is 14.4. The third kappa shape index (κ3) is 4.13. The van der Waals surface area contributed by atoms with Gasteiger partial charge in [-0.3, -0.25) is 14.2 Å². The molecule has 3 heterocycles. The number of hydrogen-bond acceptors (Lipinski definition) is 3. The normalized spacial score (nSPS) is 10.2. The number of hydrogen-bond donors (Lipinski definition) is 1. The average Bonchev–Trinajstić information content (AvgIpc) is 3.07. The summed E-state index contributed by atoms with van der Waals surface area (Å²) in [6.07, 6.45) is 4.93. The molecular formula is C20H16Cl2FN3O2. The van der Waals surface area contributed by atoms with Crippen molar-refractivity contribution in [3.05, 3.63) is 78.5 Å². The van der Waals surface area contributed by atoms with Gasteiger partial charge in [0.1, 0.15) is 11.5 Å². The molecule has 0 aliphatic rings. The standard InChI is InChI=1S/C20H14FN3O2.2ClH/c21-16-9-15(5-4-13(16)11-20(25)26)18-12-23-19-10-14(6-8-24(18)19)17-3-1-2-7-22-17;;/h1-10,12H,11H2,(H,25,26);2*1H. The minimum atomic E-state index is -1.06. The van der Waals surface area contributed by atoms with Crippen LogP contribution in [0.15, 0.2) is 67.1 Å². The fourth-order valence-electron chi connectivity index (χ4n) is 2.90. The zero-order chi connectivity index (χ0) is 18.1. The molecule has 144 valence electrons.